The van der Waals surface area contributed by atoms with Gasteiger partial charge in [0, 0.05) is 12.5 Å². The van der Waals surface area contributed by atoms with Crippen molar-refractivity contribution >= 4 is 5.91 Å². The highest BCUT2D eigenvalue weighted by molar-refractivity contribution is 5.96. The molecule has 0 aromatic carbocycles. The van der Waals surface area contributed by atoms with Gasteiger partial charge in [-0.05, 0) is 13.8 Å². The number of nitrogens with one attached hydrogen (secondary N) is 1. The van der Waals surface area contributed by atoms with Gasteiger partial charge in [-0.2, -0.15) is 5.10 Å². The summed E-state index contributed by atoms with van der Waals surface area (Å²) in [6.07, 6.45) is -0.298. The van der Waals surface area contributed by atoms with Crippen LogP contribution in [-0.2, 0) is 4.74 Å². The molecule has 2 aromatic heterocycles. The lowest BCUT2D eigenvalue weighted by molar-refractivity contribution is -0.0267. The lowest BCUT2D eigenvalue weighted by atomic mass is 10.1. The maximum Gasteiger partial charge on any atom is 0.259 e. The SMILES string of the molecule is Cc1noc(C)c1C(=O)N1CCOC(c2nc(C(C)C)n[nH]2)C1. The van der Waals surface area contributed by atoms with Gasteiger partial charge in [-0.3, -0.25) is 9.89 Å². The van der Waals surface area contributed by atoms with Gasteiger partial charge in [-0.25, -0.2) is 4.98 Å². The average Bonchev–Trinajstić information content (AvgIpc) is 3.14. The van der Waals surface area contributed by atoms with E-state index in [2.05, 4.69) is 20.3 Å². The molecule has 1 aliphatic heterocycles. The summed E-state index contributed by atoms with van der Waals surface area (Å²) < 4.78 is 10.8. The first-order valence-electron chi connectivity index (χ1n) is 7.73. The van der Waals surface area contributed by atoms with Crippen LogP contribution in [0.3, 0.4) is 0 Å². The van der Waals surface area contributed by atoms with Crippen LogP contribution in [0.15, 0.2) is 4.52 Å². The second kappa shape index (κ2) is 6.11. The smallest absolute Gasteiger partial charge is 0.259 e. The number of nitrogens with zero attached hydrogens (tertiary/aromatic N) is 4. The number of hydrogen-bond donors (Lipinski definition) is 1. The molecule has 8 heteroatoms. The first kappa shape index (κ1) is 15.7. The minimum absolute atomic E-state index is 0.0850. The molecule has 1 atom stereocenters. The zero-order valence-corrected chi connectivity index (χ0v) is 13.8. The summed E-state index contributed by atoms with van der Waals surface area (Å²) in [7, 11) is 0. The molecule has 3 rings (SSSR count). The van der Waals surface area contributed by atoms with Crippen molar-refractivity contribution in [1.29, 1.82) is 0 Å². The Balaban J connectivity index is 1.76. The Labute approximate surface area is 134 Å². The molecule has 2 aromatic rings. The number of morpholine rings is 1. The van der Waals surface area contributed by atoms with Crippen LogP contribution in [0.5, 0.6) is 0 Å². The van der Waals surface area contributed by atoms with Crippen LogP contribution in [0, 0.1) is 13.8 Å². The number of carbonyl (C=O) groups is 1. The van der Waals surface area contributed by atoms with Crippen molar-refractivity contribution in [2.45, 2.75) is 39.7 Å². The number of aryl methyl sites for hydroxylation is 2. The lowest BCUT2D eigenvalue weighted by Crippen LogP contribution is -2.42. The number of ether oxygens (including phenoxy) is 1. The van der Waals surface area contributed by atoms with Crippen LogP contribution >= 0.6 is 0 Å². The molecule has 1 N–H and O–H groups in total. The summed E-state index contributed by atoms with van der Waals surface area (Å²) >= 11 is 0. The van der Waals surface area contributed by atoms with E-state index < -0.39 is 0 Å². The van der Waals surface area contributed by atoms with Crippen LogP contribution in [0.1, 0.15) is 59.3 Å². The summed E-state index contributed by atoms with van der Waals surface area (Å²) in [6, 6.07) is 0. The van der Waals surface area contributed by atoms with Crippen LogP contribution in [0.2, 0.25) is 0 Å². The van der Waals surface area contributed by atoms with Crippen LogP contribution < -0.4 is 0 Å². The topological polar surface area (TPSA) is 97.1 Å². The number of rotatable bonds is 3. The quantitative estimate of drug-likeness (QED) is 0.925. The molecular formula is C15H21N5O3. The van der Waals surface area contributed by atoms with Crippen LogP contribution in [-0.4, -0.2) is 50.8 Å². The molecule has 1 saturated heterocycles. The minimum Gasteiger partial charge on any atom is -0.367 e. The second-order valence-electron chi connectivity index (χ2n) is 6.04. The fraction of sp³-hybridized carbons (Fsp3) is 0.600. The highest BCUT2D eigenvalue weighted by Gasteiger charge is 2.31. The Morgan fingerprint density at radius 2 is 2.17 bits per heavy atom. The normalized spacial score (nSPS) is 18.7. The third-order valence-corrected chi connectivity index (χ3v) is 3.94. The Morgan fingerprint density at radius 1 is 1.39 bits per heavy atom. The van der Waals surface area contributed by atoms with E-state index in [9.17, 15) is 4.79 Å². The molecule has 1 aliphatic rings. The first-order valence-corrected chi connectivity index (χ1v) is 7.73. The molecule has 0 bridgehead atoms. The molecule has 1 fully saturated rings. The summed E-state index contributed by atoms with van der Waals surface area (Å²) in [6.45, 7) is 8.99. The van der Waals surface area contributed by atoms with Gasteiger partial charge in [0.2, 0.25) is 0 Å². The Bertz CT molecular complexity index is 686. The number of amides is 1. The fourth-order valence-electron chi connectivity index (χ4n) is 2.64. The van der Waals surface area contributed by atoms with E-state index in [4.69, 9.17) is 9.26 Å². The maximum atomic E-state index is 12.7. The van der Waals surface area contributed by atoms with Gasteiger partial charge >= 0.3 is 0 Å². The van der Waals surface area contributed by atoms with E-state index in [0.717, 1.165) is 5.82 Å². The van der Waals surface area contributed by atoms with Gasteiger partial charge in [0.15, 0.2) is 11.6 Å². The monoisotopic (exact) mass is 319 g/mol. The summed E-state index contributed by atoms with van der Waals surface area (Å²) in [5.41, 5.74) is 1.14. The number of aromatic nitrogens is 4. The summed E-state index contributed by atoms with van der Waals surface area (Å²) in [5.74, 6) is 2.10. The van der Waals surface area contributed by atoms with Crippen molar-refractivity contribution < 1.29 is 14.1 Å². The zero-order valence-electron chi connectivity index (χ0n) is 13.8. The van der Waals surface area contributed by atoms with Gasteiger partial charge in [0.05, 0.1) is 18.8 Å². The maximum absolute atomic E-state index is 12.7. The average molecular weight is 319 g/mol. The number of aromatic amines is 1. The second-order valence-corrected chi connectivity index (χ2v) is 6.04. The molecule has 124 valence electrons. The van der Waals surface area contributed by atoms with Crippen molar-refractivity contribution in [2.75, 3.05) is 19.7 Å². The van der Waals surface area contributed by atoms with Crippen molar-refractivity contribution in [1.82, 2.24) is 25.2 Å². The molecule has 0 aliphatic carbocycles. The number of H-pyrrole nitrogens is 1. The first-order chi connectivity index (χ1) is 11.0. The molecule has 0 spiro atoms. The predicted molar refractivity (Wildman–Crippen MR) is 81.0 cm³/mol. The number of hydrogen-bond acceptors (Lipinski definition) is 6. The Hall–Kier alpha value is -2.22. The molecule has 0 saturated carbocycles. The molecule has 0 radical (unpaired) electrons. The third-order valence-electron chi connectivity index (χ3n) is 3.94. The van der Waals surface area contributed by atoms with Crippen molar-refractivity contribution in [2.24, 2.45) is 0 Å². The highest BCUT2D eigenvalue weighted by atomic mass is 16.5. The van der Waals surface area contributed by atoms with Gasteiger partial charge in [0.25, 0.3) is 5.91 Å². The largest absolute Gasteiger partial charge is 0.367 e. The standard InChI is InChI=1S/C15H21N5O3/c1-8(2)13-16-14(18-17-13)11-7-20(5-6-22-11)15(21)12-9(3)19-23-10(12)4/h8,11H,5-7H2,1-4H3,(H,16,17,18). The minimum atomic E-state index is -0.298. The third kappa shape index (κ3) is 2.98. The number of carbonyl (C=O) groups excluding carboxylic acids is 1. The van der Waals surface area contributed by atoms with Crippen LogP contribution in [0.4, 0.5) is 0 Å². The molecule has 1 amide bonds. The Morgan fingerprint density at radius 3 is 2.78 bits per heavy atom. The Kier molecular flexibility index (Phi) is 4.16. The van der Waals surface area contributed by atoms with E-state index in [1.165, 1.54) is 0 Å². The van der Waals surface area contributed by atoms with Gasteiger partial charge in [-0.1, -0.05) is 19.0 Å². The van der Waals surface area contributed by atoms with E-state index in [1.54, 1.807) is 18.7 Å². The van der Waals surface area contributed by atoms with E-state index in [-0.39, 0.29) is 17.9 Å². The zero-order chi connectivity index (χ0) is 16.6. The van der Waals surface area contributed by atoms with Crippen LogP contribution in [0.25, 0.3) is 0 Å². The van der Waals surface area contributed by atoms with E-state index in [0.29, 0.717) is 42.5 Å². The molecule has 1 unspecified atom stereocenters. The molecule has 3 heterocycles. The summed E-state index contributed by atoms with van der Waals surface area (Å²) in [5, 5.41) is 11.0. The van der Waals surface area contributed by atoms with Gasteiger partial charge in [0.1, 0.15) is 17.4 Å². The van der Waals surface area contributed by atoms with Gasteiger partial charge < -0.3 is 14.2 Å². The molecule has 23 heavy (non-hydrogen) atoms. The highest BCUT2D eigenvalue weighted by Crippen LogP contribution is 2.23. The summed E-state index contributed by atoms with van der Waals surface area (Å²) in [4.78, 5) is 18.9. The van der Waals surface area contributed by atoms with E-state index >= 15 is 0 Å². The van der Waals surface area contributed by atoms with Gasteiger partial charge in [-0.15, -0.1) is 0 Å². The van der Waals surface area contributed by atoms with Crippen molar-refractivity contribution in [3.05, 3.63) is 28.7 Å². The van der Waals surface area contributed by atoms with Crippen molar-refractivity contribution in [3.63, 3.8) is 0 Å². The lowest BCUT2D eigenvalue weighted by Gasteiger charge is -2.31. The fourth-order valence-corrected chi connectivity index (χ4v) is 2.64. The van der Waals surface area contributed by atoms with Crippen molar-refractivity contribution in [3.8, 4) is 0 Å². The molecular weight excluding hydrogens is 298 g/mol. The predicted octanol–water partition coefficient (Wildman–Crippen LogP) is 1.75. The van der Waals surface area contributed by atoms with E-state index in [1.807, 2.05) is 13.8 Å². The molecule has 8 nitrogen and oxygen atoms in total.